The predicted octanol–water partition coefficient (Wildman–Crippen LogP) is 8.65. The van der Waals surface area contributed by atoms with Gasteiger partial charge in [0.15, 0.2) is 0 Å². The largest absolute Gasteiger partial charge is 0.284 e. The first-order valence-corrected chi connectivity index (χ1v) is 12.5. The molecule has 7 rings (SSSR count). The second-order valence-electron chi connectivity index (χ2n) is 9.11. The number of aromatic nitrogens is 2. The van der Waals surface area contributed by atoms with Crippen LogP contribution in [0.3, 0.4) is 0 Å². The molecule has 0 amide bonds. The summed E-state index contributed by atoms with van der Waals surface area (Å²) in [4.78, 5) is 10.2. The van der Waals surface area contributed by atoms with Gasteiger partial charge in [-0.05, 0) is 0 Å². The molecule has 0 aliphatic heterocycles. The first-order valence-electron chi connectivity index (χ1n) is 12.5. The summed E-state index contributed by atoms with van der Waals surface area (Å²) >= 11 is 0. The van der Waals surface area contributed by atoms with Crippen LogP contribution in [0.4, 0.5) is 0 Å². The molecule has 0 fully saturated rings. The Morgan fingerprint density at radius 1 is 0.375 bits per heavy atom. The molecule has 40 heavy (non-hydrogen) atoms. The van der Waals surface area contributed by atoms with Gasteiger partial charge in [-0.2, -0.15) is 83.9 Å². The maximum Gasteiger partial charge on any atom is 0.0872 e. The molecule has 0 bridgehead atoms. The van der Waals surface area contributed by atoms with Crippen LogP contribution in [-0.2, 0) is 65.4 Å². The van der Waals surface area contributed by atoms with E-state index in [1.54, 1.807) is 0 Å². The van der Waals surface area contributed by atoms with Gasteiger partial charge < -0.3 is 0 Å². The van der Waals surface area contributed by atoms with Crippen molar-refractivity contribution in [2.45, 2.75) is 0 Å². The number of hydrogen-bond donors (Lipinski definition) is 0. The van der Waals surface area contributed by atoms with E-state index in [0.29, 0.717) is 0 Å². The fourth-order valence-electron chi connectivity index (χ4n) is 4.74. The van der Waals surface area contributed by atoms with Gasteiger partial charge in [0, 0.05) is 87.6 Å². The Hall–Kier alpha value is -2.87. The van der Waals surface area contributed by atoms with Crippen LogP contribution >= 0.6 is 0 Å². The summed E-state index contributed by atoms with van der Waals surface area (Å²) in [7, 11) is 0. The molecule has 0 unspecified atom stereocenters. The van der Waals surface area contributed by atoms with Gasteiger partial charge in [-0.1, -0.05) is 36.4 Å². The van der Waals surface area contributed by atoms with Crippen LogP contribution in [0.25, 0.3) is 66.6 Å². The molecule has 0 N–H and O–H groups in total. The molecule has 0 saturated heterocycles. The molecular weight excluding hydrogens is 638 g/mol. The smallest absolute Gasteiger partial charge is 0.0872 e. The Bertz CT molecular complexity index is 1780. The van der Waals surface area contributed by atoms with Crippen LogP contribution < -0.4 is 0 Å². The van der Waals surface area contributed by atoms with Crippen molar-refractivity contribution in [3.8, 4) is 44.8 Å². The standard InChI is InChI=1S/C36H20N2.2Y/c1-3-9-25(10-4-1)29-13-7-15-31(23-29)33-21-19-27-17-18-28-20-22-34(38-36(28)35(27)37-33)32-16-8-14-30(24-32)26-11-5-2-6-12-26;;/h1-9,11,13-22H;;/q-4;;. The molecule has 2 nitrogen and oxygen atoms in total. The minimum atomic E-state index is 0. The Balaban J connectivity index is 0.00000161. The van der Waals surface area contributed by atoms with Gasteiger partial charge in [-0.15, -0.1) is 47.5 Å². The van der Waals surface area contributed by atoms with Gasteiger partial charge in [-0.3, -0.25) is 9.97 Å². The molecule has 0 aliphatic carbocycles. The number of hydrogen-bond acceptors (Lipinski definition) is 2. The van der Waals surface area contributed by atoms with Crippen molar-refractivity contribution in [1.29, 1.82) is 0 Å². The van der Waals surface area contributed by atoms with Crippen molar-refractivity contribution in [3.63, 3.8) is 0 Å². The molecule has 2 aromatic heterocycles. The van der Waals surface area contributed by atoms with E-state index in [0.717, 1.165) is 66.6 Å². The summed E-state index contributed by atoms with van der Waals surface area (Å²) in [5.74, 6) is 0. The van der Waals surface area contributed by atoms with Gasteiger partial charge in [-0.25, -0.2) is 11.1 Å². The van der Waals surface area contributed by atoms with Crippen LogP contribution in [0.2, 0.25) is 0 Å². The first kappa shape index (κ1) is 28.6. The molecule has 2 radical (unpaired) electrons. The number of benzene rings is 5. The van der Waals surface area contributed by atoms with E-state index in [2.05, 4.69) is 72.8 Å². The van der Waals surface area contributed by atoms with E-state index in [-0.39, 0.29) is 65.4 Å². The third-order valence-electron chi connectivity index (χ3n) is 6.66. The Labute approximate surface area is 284 Å². The molecule has 7 aromatic rings. The second-order valence-corrected chi connectivity index (χ2v) is 9.11. The summed E-state index contributed by atoms with van der Waals surface area (Å²) in [5, 5.41) is 2.10. The summed E-state index contributed by atoms with van der Waals surface area (Å²) in [5.41, 5.74) is 9.37. The zero-order valence-corrected chi connectivity index (χ0v) is 27.3. The van der Waals surface area contributed by atoms with E-state index in [1.807, 2.05) is 72.8 Å². The average molecular weight is 658 g/mol. The van der Waals surface area contributed by atoms with Gasteiger partial charge in [0.1, 0.15) is 0 Å². The number of rotatable bonds is 4. The first-order chi connectivity index (χ1) is 18.8. The van der Waals surface area contributed by atoms with Crippen molar-refractivity contribution in [3.05, 3.63) is 146 Å². The van der Waals surface area contributed by atoms with E-state index < -0.39 is 0 Å². The van der Waals surface area contributed by atoms with Crippen LogP contribution in [-0.4, -0.2) is 9.97 Å². The number of fused-ring (bicyclic) bond motifs is 3. The van der Waals surface area contributed by atoms with Crippen LogP contribution in [0.1, 0.15) is 0 Å². The summed E-state index contributed by atoms with van der Waals surface area (Å²) in [6.45, 7) is 0. The second kappa shape index (κ2) is 12.8. The zero-order valence-electron chi connectivity index (χ0n) is 21.6. The monoisotopic (exact) mass is 658 g/mol. The van der Waals surface area contributed by atoms with Gasteiger partial charge in [0.25, 0.3) is 0 Å². The topological polar surface area (TPSA) is 25.8 Å². The molecule has 0 aliphatic rings. The molecule has 0 saturated carbocycles. The van der Waals surface area contributed by atoms with Gasteiger partial charge >= 0.3 is 0 Å². The fraction of sp³-hybridized carbons (Fsp3) is 0. The third-order valence-corrected chi connectivity index (χ3v) is 6.66. The van der Waals surface area contributed by atoms with Crippen molar-refractivity contribution >= 4 is 21.8 Å². The van der Waals surface area contributed by atoms with E-state index in [1.165, 1.54) is 0 Å². The molecular formula is C36H20N2Y2-4. The van der Waals surface area contributed by atoms with E-state index in [4.69, 9.17) is 9.97 Å². The molecule has 5 aromatic carbocycles. The van der Waals surface area contributed by atoms with Gasteiger partial charge in [0.05, 0.1) is 11.0 Å². The fourth-order valence-corrected chi connectivity index (χ4v) is 4.74. The predicted molar refractivity (Wildman–Crippen MR) is 154 cm³/mol. The maximum atomic E-state index is 5.09. The van der Waals surface area contributed by atoms with Crippen molar-refractivity contribution in [1.82, 2.24) is 9.97 Å². The Morgan fingerprint density at radius 3 is 1.20 bits per heavy atom. The van der Waals surface area contributed by atoms with E-state index >= 15 is 0 Å². The molecule has 184 valence electrons. The molecule has 4 heteroatoms. The minimum absolute atomic E-state index is 0. The third kappa shape index (κ3) is 5.78. The molecule has 0 spiro atoms. The minimum Gasteiger partial charge on any atom is -0.284 e. The average Bonchev–Trinajstić information content (AvgIpc) is 3.01. The number of pyridine rings is 2. The summed E-state index contributed by atoms with van der Waals surface area (Å²) in [6, 6.07) is 54.3. The Morgan fingerprint density at radius 2 is 0.775 bits per heavy atom. The van der Waals surface area contributed by atoms with Crippen LogP contribution in [0.15, 0.2) is 121 Å². The Kier molecular flexibility index (Phi) is 9.13. The quantitative estimate of drug-likeness (QED) is 0.140. The summed E-state index contributed by atoms with van der Waals surface area (Å²) in [6.07, 6.45) is 0. The van der Waals surface area contributed by atoms with Crippen molar-refractivity contribution in [2.24, 2.45) is 0 Å². The molecule has 0 atom stereocenters. The summed E-state index contributed by atoms with van der Waals surface area (Å²) < 4.78 is 0. The SMILES string of the molecule is [Y].[Y].[c-]1ccccc1-c1[c-]c(-c2ccc3ccc4ccc(-c5[c-]c(-c6[c-]cccc6)ccc5)nc4c3n2)ccc1. The number of nitrogens with zero attached hydrogens (tertiary/aromatic N) is 2. The normalized spacial score (nSPS) is 10.6. The molecule has 2 heterocycles. The van der Waals surface area contributed by atoms with Crippen LogP contribution in [0, 0.1) is 24.3 Å². The van der Waals surface area contributed by atoms with Crippen LogP contribution in [0.5, 0.6) is 0 Å². The zero-order chi connectivity index (χ0) is 25.3. The van der Waals surface area contributed by atoms with E-state index in [9.17, 15) is 0 Å². The van der Waals surface area contributed by atoms with Gasteiger partial charge in [0.2, 0.25) is 0 Å². The maximum absolute atomic E-state index is 5.09. The van der Waals surface area contributed by atoms with Crippen molar-refractivity contribution < 1.29 is 65.4 Å². The van der Waals surface area contributed by atoms with Crippen molar-refractivity contribution in [2.75, 3.05) is 0 Å².